The highest BCUT2D eigenvalue weighted by Crippen LogP contribution is 2.31. The lowest BCUT2D eigenvalue weighted by atomic mass is 10.2. The first kappa shape index (κ1) is 19.4. The Balaban J connectivity index is 1.36. The Labute approximate surface area is 172 Å². The summed E-state index contributed by atoms with van der Waals surface area (Å²) in [7, 11) is 0. The molecule has 1 fully saturated rings. The Kier molecular flexibility index (Phi) is 5.73. The maximum atomic E-state index is 12.3. The molecule has 2 aromatic carbocycles. The fraction of sp³-hybridized carbons (Fsp3) is 0.238. The summed E-state index contributed by atoms with van der Waals surface area (Å²) in [6, 6.07) is 16.6. The molecular weight excluding hydrogens is 388 g/mol. The van der Waals surface area contributed by atoms with Crippen LogP contribution in [0.5, 0.6) is 0 Å². The third kappa shape index (κ3) is 4.72. The van der Waals surface area contributed by atoms with Gasteiger partial charge >= 0.3 is 0 Å². The normalized spacial score (nSPS) is 18.9. The number of carbonyl (C=O) groups is 1. The van der Waals surface area contributed by atoms with Gasteiger partial charge in [-0.1, -0.05) is 42.5 Å². The fourth-order valence-electron chi connectivity index (χ4n) is 3.35. The first-order valence-electron chi connectivity index (χ1n) is 9.37. The minimum absolute atomic E-state index is 0.00507. The van der Waals surface area contributed by atoms with E-state index in [-0.39, 0.29) is 11.6 Å². The molecule has 1 saturated heterocycles. The van der Waals surface area contributed by atoms with E-state index in [9.17, 15) is 14.9 Å². The lowest BCUT2D eigenvalue weighted by Crippen LogP contribution is -2.47. The van der Waals surface area contributed by atoms with Crippen molar-refractivity contribution in [2.45, 2.75) is 6.54 Å². The van der Waals surface area contributed by atoms with Gasteiger partial charge in [0.05, 0.1) is 9.83 Å². The average molecular weight is 408 g/mol. The summed E-state index contributed by atoms with van der Waals surface area (Å²) in [5.74, 6) is -0.289. The lowest BCUT2D eigenvalue weighted by Gasteiger charge is -2.35. The van der Waals surface area contributed by atoms with Crippen LogP contribution in [0.1, 0.15) is 11.1 Å². The van der Waals surface area contributed by atoms with Gasteiger partial charge in [0.2, 0.25) is 0 Å². The number of rotatable bonds is 4. The number of piperazine rings is 1. The highest BCUT2D eigenvalue weighted by Gasteiger charge is 2.28. The molecule has 0 bridgehead atoms. The topological polar surface area (TPSA) is 79.0 Å². The van der Waals surface area contributed by atoms with E-state index in [0.29, 0.717) is 15.6 Å². The second-order valence-corrected chi connectivity index (χ2v) is 7.92. The largest absolute Gasteiger partial charge is 0.348 e. The third-order valence-corrected chi connectivity index (χ3v) is 5.92. The van der Waals surface area contributed by atoms with Crippen molar-refractivity contribution in [2.24, 2.45) is 4.99 Å². The monoisotopic (exact) mass is 408 g/mol. The SMILES string of the molecule is O=C1N=C(N2CCN(Cc3ccccc3)CC2)S/C1=C/c1cccc([N+](=O)[O-])c1. The molecule has 0 aromatic heterocycles. The summed E-state index contributed by atoms with van der Waals surface area (Å²) in [5, 5.41) is 11.6. The van der Waals surface area contributed by atoms with E-state index < -0.39 is 4.92 Å². The van der Waals surface area contributed by atoms with Gasteiger partial charge in [0.15, 0.2) is 5.17 Å². The summed E-state index contributed by atoms with van der Waals surface area (Å²) < 4.78 is 0. The Bertz CT molecular complexity index is 982. The van der Waals surface area contributed by atoms with Gasteiger partial charge in [-0.2, -0.15) is 4.99 Å². The zero-order chi connectivity index (χ0) is 20.2. The van der Waals surface area contributed by atoms with Crippen molar-refractivity contribution in [3.63, 3.8) is 0 Å². The van der Waals surface area contributed by atoms with Crippen molar-refractivity contribution in [2.75, 3.05) is 26.2 Å². The standard InChI is InChI=1S/C21H20N4O3S/c26-20-19(14-17-7-4-8-18(13-17)25(27)28)29-21(22-20)24-11-9-23(10-12-24)15-16-5-2-1-3-6-16/h1-8,13-14H,9-12,15H2/b19-14+. The van der Waals surface area contributed by atoms with Crippen LogP contribution in [0, 0.1) is 10.1 Å². The maximum absolute atomic E-state index is 12.3. The number of hydrogen-bond acceptors (Lipinski definition) is 6. The number of aliphatic imine (C=N–C) groups is 1. The number of carbonyl (C=O) groups excluding carboxylic acids is 1. The number of amidine groups is 1. The number of nitrogens with zero attached hydrogens (tertiary/aromatic N) is 4. The van der Waals surface area contributed by atoms with Crippen molar-refractivity contribution in [3.8, 4) is 0 Å². The van der Waals surface area contributed by atoms with Crippen LogP contribution in [0.15, 0.2) is 64.5 Å². The van der Waals surface area contributed by atoms with Crippen LogP contribution < -0.4 is 0 Å². The van der Waals surface area contributed by atoms with E-state index in [1.807, 2.05) is 6.07 Å². The molecule has 2 aliphatic rings. The number of benzene rings is 2. The zero-order valence-electron chi connectivity index (χ0n) is 15.7. The van der Waals surface area contributed by atoms with Gasteiger partial charge in [-0.3, -0.25) is 19.8 Å². The Morgan fingerprint density at radius 2 is 1.83 bits per heavy atom. The van der Waals surface area contributed by atoms with Crippen LogP contribution in [-0.4, -0.2) is 52.0 Å². The van der Waals surface area contributed by atoms with Gasteiger partial charge in [-0.25, -0.2) is 0 Å². The first-order valence-corrected chi connectivity index (χ1v) is 10.2. The summed E-state index contributed by atoms with van der Waals surface area (Å²) in [6.45, 7) is 4.37. The van der Waals surface area contributed by atoms with E-state index in [1.165, 1.54) is 29.5 Å². The van der Waals surface area contributed by atoms with Crippen molar-refractivity contribution < 1.29 is 9.72 Å². The van der Waals surface area contributed by atoms with Gasteiger partial charge in [0.25, 0.3) is 11.6 Å². The van der Waals surface area contributed by atoms with Crippen LogP contribution >= 0.6 is 11.8 Å². The molecule has 2 heterocycles. The van der Waals surface area contributed by atoms with Crippen LogP contribution in [0.25, 0.3) is 6.08 Å². The number of non-ortho nitro benzene ring substituents is 1. The smallest absolute Gasteiger partial charge is 0.286 e. The molecule has 0 unspecified atom stereocenters. The Hall–Kier alpha value is -2.97. The summed E-state index contributed by atoms with van der Waals surface area (Å²) >= 11 is 1.34. The highest BCUT2D eigenvalue weighted by atomic mass is 32.2. The molecule has 1 amide bonds. The molecule has 0 saturated carbocycles. The van der Waals surface area contributed by atoms with Crippen LogP contribution in [0.4, 0.5) is 5.69 Å². The molecule has 2 aliphatic heterocycles. The van der Waals surface area contributed by atoms with Crippen molar-refractivity contribution in [1.82, 2.24) is 9.80 Å². The fourth-order valence-corrected chi connectivity index (χ4v) is 4.32. The van der Waals surface area contributed by atoms with Gasteiger partial charge in [-0.15, -0.1) is 0 Å². The second kappa shape index (κ2) is 8.59. The van der Waals surface area contributed by atoms with Gasteiger partial charge in [0, 0.05) is 44.9 Å². The molecule has 148 valence electrons. The molecule has 29 heavy (non-hydrogen) atoms. The summed E-state index contributed by atoms with van der Waals surface area (Å²) in [5.41, 5.74) is 1.93. The summed E-state index contributed by atoms with van der Waals surface area (Å²) in [4.78, 5) is 32.0. The van der Waals surface area contributed by atoms with Crippen molar-refractivity contribution >= 4 is 34.6 Å². The molecular formula is C21H20N4O3S. The van der Waals surface area contributed by atoms with Gasteiger partial charge in [0.1, 0.15) is 0 Å². The first-order chi connectivity index (χ1) is 14.1. The molecule has 0 radical (unpaired) electrons. The molecule has 0 spiro atoms. The second-order valence-electron chi connectivity index (χ2n) is 6.91. The number of nitro groups is 1. The molecule has 2 aromatic rings. The van der Waals surface area contributed by atoms with Crippen LogP contribution in [-0.2, 0) is 11.3 Å². The maximum Gasteiger partial charge on any atom is 0.286 e. The zero-order valence-corrected chi connectivity index (χ0v) is 16.5. The predicted molar refractivity (Wildman–Crippen MR) is 114 cm³/mol. The highest BCUT2D eigenvalue weighted by molar-refractivity contribution is 8.18. The van der Waals surface area contributed by atoms with E-state index in [1.54, 1.807) is 18.2 Å². The van der Waals surface area contributed by atoms with E-state index >= 15 is 0 Å². The third-order valence-electron chi connectivity index (χ3n) is 4.88. The Morgan fingerprint density at radius 1 is 1.07 bits per heavy atom. The van der Waals surface area contributed by atoms with Gasteiger partial charge < -0.3 is 4.90 Å². The van der Waals surface area contributed by atoms with Gasteiger partial charge in [-0.05, 0) is 29.0 Å². The Morgan fingerprint density at radius 3 is 2.55 bits per heavy atom. The van der Waals surface area contributed by atoms with Crippen LogP contribution in [0.3, 0.4) is 0 Å². The number of nitro benzene ring substituents is 1. The quantitative estimate of drug-likeness (QED) is 0.438. The molecule has 0 N–H and O–H groups in total. The number of hydrogen-bond donors (Lipinski definition) is 0. The van der Waals surface area contributed by atoms with E-state index in [4.69, 9.17) is 0 Å². The molecule has 4 rings (SSSR count). The minimum atomic E-state index is -0.442. The van der Waals surface area contributed by atoms with Crippen molar-refractivity contribution in [1.29, 1.82) is 0 Å². The molecule has 7 nitrogen and oxygen atoms in total. The molecule has 0 aliphatic carbocycles. The molecule has 8 heteroatoms. The summed E-state index contributed by atoms with van der Waals surface area (Å²) in [6.07, 6.45) is 1.67. The minimum Gasteiger partial charge on any atom is -0.348 e. The number of amides is 1. The van der Waals surface area contributed by atoms with Crippen LogP contribution in [0.2, 0.25) is 0 Å². The predicted octanol–water partition coefficient (Wildman–Crippen LogP) is 3.38. The lowest BCUT2D eigenvalue weighted by molar-refractivity contribution is -0.384. The molecule has 0 atom stereocenters. The van der Waals surface area contributed by atoms with E-state index in [2.05, 4.69) is 39.1 Å². The number of thioether (sulfide) groups is 1. The van der Waals surface area contributed by atoms with Crippen molar-refractivity contribution in [3.05, 3.63) is 80.7 Å². The average Bonchev–Trinajstić information content (AvgIpc) is 3.10. The van der Waals surface area contributed by atoms with E-state index in [0.717, 1.165) is 32.7 Å².